The highest BCUT2D eigenvalue weighted by molar-refractivity contribution is 5.88. The maximum absolute atomic E-state index is 12.6. The summed E-state index contributed by atoms with van der Waals surface area (Å²) in [5.74, 6) is 0.532. The van der Waals surface area contributed by atoms with Gasteiger partial charge in [-0.25, -0.2) is 4.79 Å². The quantitative estimate of drug-likeness (QED) is 0.508. The van der Waals surface area contributed by atoms with Crippen molar-refractivity contribution in [3.8, 4) is 0 Å². The predicted octanol–water partition coefficient (Wildman–Crippen LogP) is 1.57. The topological polar surface area (TPSA) is 66.4 Å². The van der Waals surface area contributed by atoms with Crippen molar-refractivity contribution >= 4 is 11.9 Å². The molecule has 1 aromatic carbocycles. The molecular weight excluding hydrogens is 296 g/mol. The Morgan fingerprint density at radius 1 is 1.35 bits per heavy atom. The van der Waals surface area contributed by atoms with Gasteiger partial charge in [-0.3, -0.25) is 4.84 Å². The molecule has 23 heavy (non-hydrogen) atoms. The van der Waals surface area contributed by atoms with Crippen LogP contribution in [0.1, 0.15) is 18.4 Å². The van der Waals surface area contributed by atoms with Crippen LogP contribution in [0.2, 0.25) is 0 Å². The number of piperidine rings is 1. The van der Waals surface area contributed by atoms with E-state index in [2.05, 4.69) is 10.5 Å². The Kier molecular flexibility index (Phi) is 4.66. The second kappa shape index (κ2) is 6.87. The average Bonchev–Trinajstić information content (AvgIpc) is 2.83. The molecule has 2 aliphatic rings. The van der Waals surface area contributed by atoms with E-state index in [0.29, 0.717) is 19.0 Å². The second-order valence-corrected chi connectivity index (χ2v) is 5.64. The molecule has 0 saturated carbocycles. The van der Waals surface area contributed by atoms with Crippen molar-refractivity contribution in [1.29, 1.82) is 0 Å². The van der Waals surface area contributed by atoms with E-state index in [1.807, 2.05) is 30.3 Å². The fraction of sp³-hybridized carbons (Fsp3) is 0.500. The van der Waals surface area contributed by atoms with Crippen molar-refractivity contribution in [2.45, 2.75) is 31.5 Å². The van der Waals surface area contributed by atoms with Crippen molar-refractivity contribution in [2.75, 3.05) is 20.7 Å². The minimum atomic E-state index is -0.137. The van der Waals surface area contributed by atoms with E-state index in [0.717, 1.165) is 18.4 Å². The zero-order valence-corrected chi connectivity index (χ0v) is 13.4. The molecule has 2 heterocycles. The first-order chi connectivity index (χ1) is 11.2. The summed E-state index contributed by atoms with van der Waals surface area (Å²) in [6, 6.07) is 9.69. The van der Waals surface area contributed by atoms with Crippen LogP contribution in [0.15, 0.2) is 35.4 Å². The number of nitrogens with zero attached hydrogens (tertiary/aromatic N) is 3. The standard InChI is InChI=1S/C16H22N4O3/c1-17-18-15(22-2)14-9-8-13-10-19(14)16(21)20(13)23-11-12-6-4-3-5-7-12/h3-7,13-14,17H,8-11H2,1-2H3/b18-15-/t13-,14+/m1/s1. The highest BCUT2D eigenvalue weighted by Gasteiger charge is 2.47. The van der Waals surface area contributed by atoms with E-state index in [4.69, 9.17) is 9.57 Å². The van der Waals surface area contributed by atoms with Crippen molar-refractivity contribution in [3.05, 3.63) is 35.9 Å². The number of benzene rings is 1. The van der Waals surface area contributed by atoms with Gasteiger partial charge in [0, 0.05) is 13.6 Å². The molecule has 0 radical (unpaired) electrons. The lowest BCUT2D eigenvalue weighted by molar-refractivity contribution is -0.140. The molecule has 2 fully saturated rings. The number of amides is 2. The maximum atomic E-state index is 12.6. The Hall–Kier alpha value is -2.28. The Morgan fingerprint density at radius 3 is 2.83 bits per heavy atom. The van der Waals surface area contributed by atoms with Crippen molar-refractivity contribution < 1.29 is 14.4 Å². The highest BCUT2D eigenvalue weighted by atomic mass is 16.7. The summed E-state index contributed by atoms with van der Waals surface area (Å²) < 4.78 is 5.33. The van der Waals surface area contributed by atoms with Crippen LogP contribution in [0.3, 0.4) is 0 Å². The largest absolute Gasteiger partial charge is 0.482 e. The third kappa shape index (κ3) is 3.10. The number of carbonyl (C=O) groups excluding carboxylic acids is 1. The van der Waals surface area contributed by atoms with Crippen LogP contribution in [0.25, 0.3) is 0 Å². The van der Waals surface area contributed by atoms with Gasteiger partial charge in [0.25, 0.3) is 0 Å². The van der Waals surface area contributed by atoms with Gasteiger partial charge in [0.15, 0.2) is 0 Å². The van der Waals surface area contributed by atoms with Crippen LogP contribution in [-0.4, -0.2) is 54.7 Å². The summed E-state index contributed by atoms with van der Waals surface area (Å²) in [5, 5.41) is 5.64. The lowest BCUT2D eigenvalue weighted by Crippen LogP contribution is -2.46. The molecular formula is C16H22N4O3. The number of rotatable bonds is 5. The fourth-order valence-electron chi connectivity index (χ4n) is 3.14. The van der Waals surface area contributed by atoms with E-state index in [-0.39, 0.29) is 18.1 Å². The molecule has 0 aromatic heterocycles. The summed E-state index contributed by atoms with van der Waals surface area (Å²) >= 11 is 0. The zero-order chi connectivity index (χ0) is 16.2. The van der Waals surface area contributed by atoms with Gasteiger partial charge in [0.1, 0.15) is 12.6 Å². The summed E-state index contributed by atoms with van der Waals surface area (Å²) in [7, 11) is 3.29. The van der Waals surface area contributed by atoms with E-state index >= 15 is 0 Å². The van der Waals surface area contributed by atoms with Gasteiger partial charge >= 0.3 is 6.03 Å². The number of carbonyl (C=O) groups is 1. The molecule has 2 bridgehead atoms. The molecule has 0 unspecified atom stereocenters. The molecule has 2 amide bonds. The Bertz CT molecular complexity index is 578. The van der Waals surface area contributed by atoms with Gasteiger partial charge in [-0.1, -0.05) is 30.3 Å². The Morgan fingerprint density at radius 2 is 2.13 bits per heavy atom. The monoisotopic (exact) mass is 318 g/mol. The molecule has 0 aliphatic carbocycles. The van der Waals surface area contributed by atoms with Crippen LogP contribution < -0.4 is 5.43 Å². The van der Waals surface area contributed by atoms with E-state index in [1.54, 1.807) is 19.1 Å². The normalized spacial score (nSPS) is 24.1. The summed E-state index contributed by atoms with van der Waals surface area (Å²) in [5.41, 5.74) is 3.77. The molecule has 2 saturated heterocycles. The Labute approximate surface area is 135 Å². The molecule has 2 atom stereocenters. The average molecular weight is 318 g/mol. The molecule has 1 aromatic rings. The van der Waals surface area contributed by atoms with Gasteiger partial charge in [-0.05, 0) is 18.4 Å². The highest BCUT2D eigenvalue weighted by Crippen LogP contribution is 2.31. The van der Waals surface area contributed by atoms with Gasteiger partial charge in [0.05, 0.1) is 13.2 Å². The first kappa shape index (κ1) is 15.6. The van der Waals surface area contributed by atoms with E-state index in [1.165, 1.54) is 5.06 Å². The fourth-order valence-corrected chi connectivity index (χ4v) is 3.14. The number of hydrazone groups is 1. The van der Waals surface area contributed by atoms with Crippen molar-refractivity contribution in [2.24, 2.45) is 5.10 Å². The molecule has 1 N–H and O–H groups in total. The molecule has 124 valence electrons. The smallest absolute Gasteiger partial charge is 0.345 e. The molecule has 0 spiro atoms. The SMILES string of the molecule is CN/N=C(\OC)[C@@H]1CC[C@@H]2CN1C(=O)N2OCc1ccccc1. The number of ether oxygens (including phenoxy) is 1. The third-order valence-corrected chi connectivity index (χ3v) is 4.25. The van der Waals surface area contributed by atoms with E-state index < -0.39 is 0 Å². The van der Waals surface area contributed by atoms with Gasteiger partial charge in [0.2, 0.25) is 5.90 Å². The van der Waals surface area contributed by atoms with Crippen LogP contribution in [0, 0.1) is 0 Å². The number of hydroxylamine groups is 2. The van der Waals surface area contributed by atoms with Crippen molar-refractivity contribution in [1.82, 2.24) is 15.4 Å². The van der Waals surface area contributed by atoms with Crippen LogP contribution in [0.4, 0.5) is 4.79 Å². The van der Waals surface area contributed by atoms with Crippen LogP contribution in [0.5, 0.6) is 0 Å². The van der Waals surface area contributed by atoms with Gasteiger partial charge < -0.3 is 15.1 Å². The predicted molar refractivity (Wildman–Crippen MR) is 85.5 cm³/mol. The molecule has 7 heteroatoms. The minimum absolute atomic E-state index is 0.0927. The molecule has 2 aliphatic heterocycles. The summed E-state index contributed by atoms with van der Waals surface area (Å²) in [6.45, 7) is 1.04. The summed E-state index contributed by atoms with van der Waals surface area (Å²) in [6.07, 6.45) is 1.68. The van der Waals surface area contributed by atoms with Crippen LogP contribution >= 0.6 is 0 Å². The van der Waals surface area contributed by atoms with Crippen molar-refractivity contribution in [3.63, 3.8) is 0 Å². The maximum Gasteiger partial charge on any atom is 0.345 e. The lowest BCUT2D eigenvalue weighted by atomic mass is 10.0. The molecule has 3 rings (SSSR count). The number of urea groups is 1. The number of methoxy groups -OCH3 is 1. The van der Waals surface area contributed by atoms with Gasteiger partial charge in [-0.2, -0.15) is 5.06 Å². The first-order valence-corrected chi connectivity index (χ1v) is 7.79. The Balaban J connectivity index is 1.67. The van der Waals surface area contributed by atoms with E-state index in [9.17, 15) is 4.79 Å². The number of fused-ring (bicyclic) bond motifs is 2. The first-order valence-electron chi connectivity index (χ1n) is 7.79. The third-order valence-electron chi connectivity index (χ3n) is 4.25. The number of hydrogen-bond acceptors (Lipinski definition) is 5. The summed E-state index contributed by atoms with van der Waals surface area (Å²) in [4.78, 5) is 20.2. The van der Waals surface area contributed by atoms with Gasteiger partial charge in [-0.15, -0.1) is 5.10 Å². The minimum Gasteiger partial charge on any atom is -0.482 e. The lowest BCUT2D eigenvalue weighted by Gasteiger charge is -2.30. The zero-order valence-electron chi connectivity index (χ0n) is 13.4. The molecule has 7 nitrogen and oxygen atoms in total. The second-order valence-electron chi connectivity index (χ2n) is 5.64. The number of hydrogen-bond donors (Lipinski definition) is 1. The number of nitrogens with one attached hydrogen (secondary N) is 1. The van der Waals surface area contributed by atoms with Crippen LogP contribution in [-0.2, 0) is 16.2 Å².